The molecule has 1 radical (unpaired) electrons. The van der Waals surface area contributed by atoms with Crippen LogP contribution in [0.5, 0.6) is 0 Å². The second kappa shape index (κ2) is 6.77. The van der Waals surface area contributed by atoms with Crippen LogP contribution >= 0.6 is 0 Å². The van der Waals surface area contributed by atoms with Crippen molar-refractivity contribution in [2.75, 3.05) is 13.1 Å². The van der Waals surface area contributed by atoms with Crippen LogP contribution in [0.1, 0.15) is 18.4 Å². The number of carbonyl (C=O) groups is 2. The molecule has 5 heteroatoms. The molecule has 5 nitrogen and oxygen atoms in total. The van der Waals surface area contributed by atoms with E-state index in [-0.39, 0.29) is 0 Å². The monoisotopic (exact) mass is 271 g/mol. The van der Waals surface area contributed by atoms with Crippen molar-refractivity contribution in [2.24, 2.45) is 0 Å². The van der Waals surface area contributed by atoms with Gasteiger partial charge in [-0.2, -0.15) is 5.01 Å². The highest BCUT2D eigenvalue weighted by Crippen LogP contribution is 2.12. The van der Waals surface area contributed by atoms with Crippen LogP contribution in [-0.2, 0) is 14.4 Å². The van der Waals surface area contributed by atoms with Crippen LogP contribution in [0.4, 0.5) is 0 Å². The van der Waals surface area contributed by atoms with Gasteiger partial charge in [-0.15, -0.1) is 0 Å². The zero-order chi connectivity index (χ0) is 14.4. The molecule has 0 unspecified atom stereocenters. The molecule has 1 aliphatic rings. The minimum Gasteiger partial charge on any atom is -0.279 e. The van der Waals surface area contributed by atoms with E-state index < -0.39 is 11.8 Å². The number of carbonyl (C=O) groups excluding carboxylic acids is 3. The summed E-state index contributed by atoms with van der Waals surface area (Å²) in [4.78, 5) is 34.2. The van der Waals surface area contributed by atoms with Gasteiger partial charge in [0.25, 0.3) is 12.2 Å². The number of imide groups is 1. The van der Waals surface area contributed by atoms with E-state index in [1.54, 1.807) is 11.1 Å². The van der Waals surface area contributed by atoms with Gasteiger partial charge in [-0.1, -0.05) is 30.3 Å². The predicted octanol–water partition coefficient (Wildman–Crippen LogP) is 1.18. The molecule has 2 amide bonds. The lowest BCUT2D eigenvalue weighted by atomic mass is 10.2. The smallest absolute Gasteiger partial charge is 0.279 e. The summed E-state index contributed by atoms with van der Waals surface area (Å²) in [5.74, 6) is -1.47. The first kappa shape index (κ1) is 14.1. The number of hydrogen-bond donors (Lipinski definition) is 0. The second-order valence-electron chi connectivity index (χ2n) is 4.46. The maximum atomic E-state index is 12.1. The number of hydrazine groups is 1. The van der Waals surface area contributed by atoms with E-state index in [1.807, 2.05) is 30.3 Å². The molecule has 1 aromatic carbocycles. The number of hydrogen-bond acceptors (Lipinski definition) is 4. The summed E-state index contributed by atoms with van der Waals surface area (Å²) in [6.45, 7) is 1.19. The van der Waals surface area contributed by atoms with Crippen molar-refractivity contribution in [3.63, 3.8) is 0 Å². The van der Waals surface area contributed by atoms with Gasteiger partial charge in [0.2, 0.25) is 0 Å². The van der Waals surface area contributed by atoms with Gasteiger partial charge in [0.1, 0.15) is 0 Å². The quantitative estimate of drug-likeness (QED) is 0.609. The maximum absolute atomic E-state index is 12.1. The zero-order valence-electron chi connectivity index (χ0n) is 11.0. The van der Waals surface area contributed by atoms with E-state index in [1.165, 1.54) is 12.4 Å². The zero-order valence-corrected chi connectivity index (χ0v) is 11.0. The Morgan fingerprint density at radius 3 is 2.40 bits per heavy atom. The molecular formula is C15H15N2O3. The Bertz CT molecular complexity index is 519. The summed E-state index contributed by atoms with van der Waals surface area (Å²) in [5, 5.41) is 2.46. The maximum Gasteiger partial charge on any atom is 0.320 e. The molecule has 1 aliphatic heterocycles. The van der Waals surface area contributed by atoms with Gasteiger partial charge in [0.05, 0.1) is 0 Å². The third kappa shape index (κ3) is 3.39. The number of amides is 2. The minimum absolute atomic E-state index is 0.524. The number of benzene rings is 1. The molecule has 1 heterocycles. The summed E-state index contributed by atoms with van der Waals surface area (Å²) in [5.41, 5.74) is 0.852. The average molecular weight is 271 g/mol. The first-order chi connectivity index (χ1) is 9.72. The molecule has 0 atom stereocenters. The summed E-state index contributed by atoms with van der Waals surface area (Å²) in [6, 6.07) is 9.27. The lowest BCUT2D eigenvalue weighted by Crippen LogP contribution is -2.48. The SMILES string of the molecule is O=[C]C(=O)N(C(=O)C=Cc1ccccc1)N1CCCC1. The van der Waals surface area contributed by atoms with E-state index in [0.717, 1.165) is 23.4 Å². The average Bonchev–Trinajstić information content (AvgIpc) is 3.00. The predicted molar refractivity (Wildman–Crippen MR) is 73.8 cm³/mol. The van der Waals surface area contributed by atoms with Gasteiger partial charge in [-0.3, -0.25) is 14.4 Å². The molecule has 1 aromatic rings. The molecule has 20 heavy (non-hydrogen) atoms. The topological polar surface area (TPSA) is 57.7 Å². The van der Waals surface area contributed by atoms with Gasteiger partial charge in [-0.25, -0.2) is 5.01 Å². The molecule has 0 N–H and O–H groups in total. The molecule has 1 fully saturated rings. The van der Waals surface area contributed by atoms with Crippen molar-refractivity contribution in [3.8, 4) is 0 Å². The standard InChI is InChI=1S/C15H15N2O3/c18-12-15(20)17(16-10-4-5-11-16)14(19)9-8-13-6-2-1-3-7-13/h1-3,6-9H,4-5,10-11H2. The van der Waals surface area contributed by atoms with Gasteiger partial charge >= 0.3 is 5.91 Å². The highest BCUT2D eigenvalue weighted by molar-refractivity contribution is 6.28. The van der Waals surface area contributed by atoms with Crippen molar-refractivity contribution >= 4 is 24.2 Å². The summed E-state index contributed by atoms with van der Waals surface area (Å²) < 4.78 is 0. The van der Waals surface area contributed by atoms with Crippen LogP contribution in [0.3, 0.4) is 0 Å². The third-order valence-electron chi connectivity index (χ3n) is 3.07. The van der Waals surface area contributed by atoms with E-state index >= 15 is 0 Å². The van der Waals surface area contributed by atoms with Gasteiger partial charge in [0, 0.05) is 19.2 Å². The van der Waals surface area contributed by atoms with E-state index in [0.29, 0.717) is 13.1 Å². The van der Waals surface area contributed by atoms with Gasteiger partial charge < -0.3 is 0 Å². The van der Waals surface area contributed by atoms with Crippen molar-refractivity contribution in [3.05, 3.63) is 42.0 Å². The molecule has 0 saturated carbocycles. The van der Waals surface area contributed by atoms with Crippen molar-refractivity contribution in [2.45, 2.75) is 12.8 Å². The van der Waals surface area contributed by atoms with Crippen LogP contribution in [0, 0.1) is 0 Å². The normalized spacial score (nSPS) is 15.4. The highest BCUT2D eigenvalue weighted by atomic mass is 16.2. The largest absolute Gasteiger partial charge is 0.320 e. The first-order valence-corrected chi connectivity index (χ1v) is 6.46. The van der Waals surface area contributed by atoms with Crippen molar-refractivity contribution < 1.29 is 14.4 Å². The Hall–Kier alpha value is -2.27. The summed E-state index contributed by atoms with van der Waals surface area (Å²) >= 11 is 0. The summed E-state index contributed by atoms with van der Waals surface area (Å²) in [6.07, 6.45) is 5.97. The van der Waals surface area contributed by atoms with Gasteiger partial charge in [0.15, 0.2) is 0 Å². The second-order valence-corrected chi connectivity index (χ2v) is 4.46. The summed E-state index contributed by atoms with van der Waals surface area (Å²) in [7, 11) is 0. The molecule has 1 saturated heterocycles. The van der Waals surface area contributed by atoms with Crippen LogP contribution < -0.4 is 0 Å². The number of rotatable bonds is 4. The van der Waals surface area contributed by atoms with E-state index in [2.05, 4.69) is 0 Å². The molecular weight excluding hydrogens is 256 g/mol. The van der Waals surface area contributed by atoms with Gasteiger partial charge in [-0.05, 0) is 24.5 Å². The molecule has 103 valence electrons. The van der Waals surface area contributed by atoms with Crippen molar-refractivity contribution in [1.82, 2.24) is 10.0 Å². The first-order valence-electron chi connectivity index (χ1n) is 6.46. The molecule has 0 aliphatic carbocycles. The molecule has 0 bridgehead atoms. The van der Waals surface area contributed by atoms with Crippen molar-refractivity contribution in [1.29, 1.82) is 0 Å². The fourth-order valence-electron chi connectivity index (χ4n) is 2.11. The minimum atomic E-state index is -0.949. The number of nitrogens with zero attached hydrogens (tertiary/aromatic N) is 2. The van der Waals surface area contributed by atoms with E-state index in [4.69, 9.17) is 0 Å². The Morgan fingerprint density at radius 2 is 1.80 bits per heavy atom. The van der Waals surface area contributed by atoms with Crippen LogP contribution in [0.2, 0.25) is 0 Å². The molecule has 0 aromatic heterocycles. The Balaban J connectivity index is 2.12. The fraction of sp³-hybridized carbons (Fsp3) is 0.267. The lowest BCUT2D eigenvalue weighted by Gasteiger charge is -2.26. The van der Waals surface area contributed by atoms with Crippen LogP contribution in [-0.4, -0.2) is 41.2 Å². The highest BCUT2D eigenvalue weighted by Gasteiger charge is 2.28. The Kier molecular flexibility index (Phi) is 4.79. The lowest BCUT2D eigenvalue weighted by molar-refractivity contribution is -0.154. The van der Waals surface area contributed by atoms with Crippen LogP contribution in [0.15, 0.2) is 36.4 Å². The van der Waals surface area contributed by atoms with E-state index in [9.17, 15) is 14.4 Å². The molecule has 0 spiro atoms. The van der Waals surface area contributed by atoms with Crippen LogP contribution in [0.25, 0.3) is 6.08 Å². The Labute approximate surface area is 117 Å². The fourth-order valence-corrected chi connectivity index (χ4v) is 2.11. The third-order valence-corrected chi connectivity index (χ3v) is 3.07. The Morgan fingerprint density at radius 1 is 1.15 bits per heavy atom. The molecule has 2 rings (SSSR count).